The first kappa shape index (κ1) is 19.2. The van der Waals surface area contributed by atoms with Crippen LogP contribution >= 0.6 is 11.8 Å². The van der Waals surface area contributed by atoms with Crippen molar-refractivity contribution < 1.29 is 14.3 Å². The highest BCUT2D eigenvalue weighted by molar-refractivity contribution is 8.04. The molecular weight excluding hydrogens is 358 g/mol. The Hall–Kier alpha value is -2.53. The molecule has 140 valence electrons. The van der Waals surface area contributed by atoms with E-state index in [2.05, 4.69) is 6.92 Å². The fourth-order valence-electron chi connectivity index (χ4n) is 3.01. The summed E-state index contributed by atoms with van der Waals surface area (Å²) in [5.74, 6) is 0.963. The zero-order chi connectivity index (χ0) is 19.4. The van der Waals surface area contributed by atoms with Crippen LogP contribution in [-0.4, -0.2) is 24.2 Å². The fourth-order valence-corrected chi connectivity index (χ4v) is 3.87. The summed E-state index contributed by atoms with van der Waals surface area (Å²) in [6.07, 6.45) is 0.933. The molecule has 1 heterocycles. The van der Waals surface area contributed by atoms with Crippen LogP contribution in [0.15, 0.2) is 53.4 Å². The van der Waals surface area contributed by atoms with E-state index in [1.165, 1.54) is 16.7 Å². The number of benzene rings is 2. The van der Waals surface area contributed by atoms with Gasteiger partial charge in [0.1, 0.15) is 5.75 Å². The van der Waals surface area contributed by atoms with E-state index in [-0.39, 0.29) is 11.8 Å². The number of thioether (sulfide) groups is 1. The predicted octanol–water partition coefficient (Wildman–Crippen LogP) is 4.82. The van der Waals surface area contributed by atoms with Crippen LogP contribution in [0.3, 0.4) is 0 Å². The third-order valence-electron chi connectivity index (χ3n) is 4.30. The maximum absolute atomic E-state index is 13.2. The zero-order valence-electron chi connectivity index (χ0n) is 15.8. The molecule has 0 fully saturated rings. The van der Waals surface area contributed by atoms with Crippen LogP contribution in [-0.2, 0) is 9.59 Å². The fraction of sp³-hybridized carbons (Fsp3) is 0.273. The number of anilines is 1. The summed E-state index contributed by atoms with van der Waals surface area (Å²) in [7, 11) is 0. The Morgan fingerprint density at radius 2 is 1.67 bits per heavy atom. The van der Waals surface area contributed by atoms with Crippen molar-refractivity contribution in [2.75, 3.05) is 17.3 Å². The number of aryl methyl sites for hydroxylation is 1. The number of carbonyl (C=O) groups excluding carboxylic acids is 2. The molecule has 1 aliphatic rings. The van der Waals surface area contributed by atoms with Gasteiger partial charge in [0.2, 0.25) is 0 Å². The third kappa shape index (κ3) is 3.78. The topological polar surface area (TPSA) is 46.6 Å². The van der Waals surface area contributed by atoms with Gasteiger partial charge in [-0.15, -0.1) is 11.8 Å². The summed E-state index contributed by atoms with van der Waals surface area (Å²) >= 11 is 1.41. The van der Waals surface area contributed by atoms with Crippen molar-refractivity contribution in [2.24, 2.45) is 0 Å². The molecule has 4 nitrogen and oxygen atoms in total. The van der Waals surface area contributed by atoms with E-state index in [1.54, 1.807) is 0 Å². The van der Waals surface area contributed by atoms with Gasteiger partial charge in [0.25, 0.3) is 11.8 Å². The molecule has 0 bridgehead atoms. The minimum Gasteiger partial charge on any atom is -0.494 e. The summed E-state index contributed by atoms with van der Waals surface area (Å²) in [6.45, 7) is 6.58. The van der Waals surface area contributed by atoms with Gasteiger partial charge >= 0.3 is 0 Å². The van der Waals surface area contributed by atoms with Crippen molar-refractivity contribution in [3.8, 4) is 5.75 Å². The highest BCUT2D eigenvalue weighted by Gasteiger charge is 2.40. The summed E-state index contributed by atoms with van der Waals surface area (Å²) < 4.78 is 5.62. The summed E-state index contributed by atoms with van der Waals surface area (Å²) in [5, 5.41) is 0. The maximum atomic E-state index is 13.2. The molecule has 0 aliphatic carbocycles. The van der Waals surface area contributed by atoms with Gasteiger partial charge in [0.05, 0.1) is 22.8 Å². The average molecular weight is 381 g/mol. The second-order valence-corrected chi connectivity index (χ2v) is 7.52. The Morgan fingerprint density at radius 3 is 2.30 bits per heavy atom. The number of hydrogen-bond donors (Lipinski definition) is 0. The summed E-state index contributed by atoms with van der Waals surface area (Å²) in [5.41, 5.74) is 2.74. The van der Waals surface area contributed by atoms with E-state index in [4.69, 9.17) is 4.74 Å². The van der Waals surface area contributed by atoms with E-state index in [1.807, 2.05) is 62.4 Å². The molecule has 0 N–H and O–H groups in total. The standard InChI is InChI=1S/C22H23NO3S/c1-4-14-26-17-12-10-16(11-13-17)19-20(27-5-2)22(25)23(21(19)24)18-9-7-6-8-15(18)3/h6-13H,4-5,14H2,1-3H3. The largest absolute Gasteiger partial charge is 0.494 e. The molecule has 0 aromatic heterocycles. The van der Waals surface area contributed by atoms with Gasteiger partial charge in [-0.3, -0.25) is 9.59 Å². The van der Waals surface area contributed by atoms with Crippen molar-refractivity contribution in [2.45, 2.75) is 27.2 Å². The lowest BCUT2D eigenvalue weighted by molar-refractivity contribution is -0.119. The Labute approximate surface area is 164 Å². The molecule has 0 saturated heterocycles. The van der Waals surface area contributed by atoms with Gasteiger partial charge in [-0.25, -0.2) is 4.90 Å². The first-order valence-corrected chi connectivity index (χ1v) is 10.1. The van der Waals surface area contributed by atoms with Gasteiger partial charge in [-0.1, -0.05) is 44.2 Å². The van der Waals surface area contributed by atoms with Gasteiger partial charge in [-0.05, 0) is 48.4 Å². The molecule has 0 radical (unpaired) electrons. The van der Waals surface area contributed by atoms with E-state index in [0.717, 1.165) is 29.1 Å². The van der Waals surface area contributed by atoms with Crippen molar-refractivity contribution in [3.05, 3.63) is 64.6 Å². The molecule has 1 aliphatic heterocycles. The third-order valence-corrected chi connectivity index (χ3v) is 5.26. The molecule has 0 saturated carbocycles. The number of rotatable bonds is 7. The Bertz CT molecular complexity index is 887. The second kappa shape index (κ2) is 8.44. The Morgan fingerprint density at radius 1 is 0.963 bits per heavy atom. The smallest absolute Gasteiger partial charge is 0.272 e. The van der Waals surface area contributed by atoms with E-state index >= 15 is 0 Å². The van der Waals surface area contributed by atoms with Crippen LogP contribution in [0, 0.1) is 6.92 Å². The monoisotopic (exact) mass is 381 g/mol. The second-order valence-electron chi connectivity index (χ2n) is 6.24. The molecule has 0 atom stereocenters. The normalized spacial score (nSPS) is 14.3. The van der Waals surface area contributed by atoms with Gasteiger partial charge in [0, 0.05) is 0 Å². The maximum Gasteiger partial charge on any atom is 0.272 e. The van der Waals surface area contributed by atoms with E-state index in [0.29, 0.717) is 22.8 Å². The van der Waals surface area contributed by atoms with E-state index in [9.17, 15) is 9.59 Å². The Kier molecular flexibility index (Phi) is 6.01. The first-order chi connectivity index (χ1) is 13.1. The van der Waals surface area contributed by atoms with Crippen LogP contribution in [0.25, 0.3) is 5.57 Å². The number of amides is 2. The molecule has 2 aromatic carbocycles. The predicted molar refractivity (Wildman–Crippen MR) is 111 cm³/mol. The molecule has 27 heavy (non-hydrogen) atoms. The van der Waals surface area contributed by atoms with Crippen molar-refractivity contribution >= 4 is 34.8 Å². The number of nitrogens with zero attached hydrogens (tertiary/aromatic N) is 1. The molecule has 3 rings (SSSR count). The molecule has 2 aromatic rings. The lowest BCUT2D eigenvalue weighted by Gasteiger charge is -2.17. The van der Waals surface area contributed by atoms with E-state index < -0.39 is 0 Å². The van der Waals surface area contributed by atoms with Crippen LogP contribution < -0.4 is 9.64 Å². The number of para-hydroxylation sites is 1. The summed E-state index contributed by atoms with van der Waals surface area (Å²) in [4.78, 5) is 28.1. The SMILES string of the molecule is CCCOc1ccc(C2=C(SCC)C(=O)N(c3ccccc3C)C2=O)cc1. The van der Waals surface area contributed by atoms with Crippen molar-refractivity contribution in [3.63, 3.8) is 0 Å². The van der Waals surface area contributed by atoms with Crippen LogP contribution in [0.2, 0.25) is 0 Å². The molecule has 2 amide bonds. The average Bonchev–Trinajstić information content (AvgIpc) is 2.91. The zero-order valence-corrected chi connectivity index (χ0v) is 16.6. The van der Waals surface area contributed by atoms with Gasteiger partial charge < -0.3 is 4.74 Å². The molecule has 5 heteroatoms. The number of carbonyl (C=O) groups is 2. The highest BCUT2D eigenvalue weighted by atomic mass is 32.2. The first-order valence-electron chi connectivity index (χ1n) is 9.13. The quantitative estimate of drug-likeness (QED) is 0.645. The van der Waals surface area contributed by atoms with Crippen LogP contribution in [0.1, 0.15) is 31.4 Å². The van der Waals surface area contributed by atoms with Crippen LogP contribution in [0.4, 0.5) is 5.69 Å². The minimum absolute atomic E-state index is 0.248. The van der Waals surface area contributed by atoms with Gasteiger partial charge in [0.15, 0.2) is 0 Å². The Balaban J connectivity index is 2.00. The minimum atomic E-state index is -0.271. The highest BCUT2D eigenvalue weighted by Crippen LogP contribution is 2.39. The number of hydrogen-bond acceptors (Lipinski definition) is 4. The lowest BCUT2D eigenvalue weighted by Crippen LogP contribution is -2.31. The van der Waals surface area contributed by atoms with Crippen LogP contribution in [0.5, 0.6) is 5.75 Å². The van der Waals surface area contributed by atoms with Gasteiger partial charge in [-0.2, -0.15) is 0 Å². The number of ether oxygens (including phenoxy) is 1. The molecule has 0 spiro atoms. The lowest BCUT2D eigenvalue weighted by atomic mass is 10.1. The van der Waals surface area contributed by atoms with Crippen molar-refractivity contribution in [1.82, 2.24) is 0 Å². The molecule has 0 unspecified atom stereocenters. The number of imide groups is 1. The molecular formula is C22H23NO3S. The van der Waals surface area contributed by atoms with Crippen molar-refractivity contribution in [1.29, 1.82) is 0 Å². The summed E-state index contributed by atoms with van der Waals surface area (Å²) in [6, 6.07) is 14.8.